The SMILES string of the molecule is Cc1ncsc1-c1ccc(C(NC(=O)[C@@H]2C[C@@H](O)CN2C(=O)[C@@H](NC(=O)C2(C#N)CC2)C(C)(C)C)C(C)(C)C)cc1. The lowest BCUT2D eigenvalue weighted by atomic mass is 9.82. The van der Waals surface area contributed by atoms with E-state index in [9.17, 15) is 24.8 Å². The Morgan fingerprint density at radius 2 is 1.73 bits per heavy atom. The molecule has 9 nitrogen and oxygen atoms in total. The average molecular weight is 580 g/mol. The van der Waals surface area contributed by atoms with E-state index in [0.29, 0.717) is 12.8 Å². The zero-order chi connectivity index (χ0) is 30.3. The number of aryl methyl sites for hydroxylation is 1. The number of carbonyl (C=O) groups is 3. The van der Waals surface area contributed by atoms with Gasteiger partial charge in [-0.1, -0.05) is 65.8 Å². The molecule has 1 unspecified atom stereocenters. The molecule has 3 N–H and O–H groups in total. The summed E-state index contributed by atoms with van der Waals surface area (Å²) in [6.07, 6.45) is 0.167. The Balaban J connectivity index is 1.55. The number of carbonyl (C=O) groups excluding carboxylic acids is 3. The number of hydrogen-bond donors (Lipinski definition) is 3. The quantitative estimate of drug-likeness (QED) is 0.452. The lowest BCUT2D eigenvalue weighted by Gasteiger charge is -2.37. The average Bonchev–Trinajstić information content (AvgIpc) is 3.43. The van der Waals surface area contributed by atoms with Gasteiger partial charge in [0.25, 0.3) is 0 Å². The number of nitriles is 1. The minimum atomic E-state index is -1.08. The van der Waals surface area contributed by atoms with Crippen LogP contribution in [-0.2, 0) is 14.4 Å². The third-order valence-corrected chi connectivity index (χ3v) is 9.03. The van der Waals surface area contributed by atoms with Gasteiger partial charge in [0, 0.05) is 13.0 Å². The molecule has 10 heteroatoms. The maximum Gasteiger partial charge on any atom is 0.246 e. The van der Waals surface area contributed by atoms with Crippen molar-refractivity contribution in [1.82, 2.24) is 20.5 Å². The van der Waals surface area contributed by atoms with Crippen molar-refractivity contribution < 1.29 is 19.5 Å². The van der Waals surface area contributed by atoms with E-state index >= 15 is 0 Å². The highest BCUT2D eigenvalue weighted by molar-refractivity contribution is 7.13. The van der Waals surface area contributed by atoms with E-state index in [4.69, 9.17) is 0 Å². The molecule has 4 atom stereocenters. The summed E-state index contributed by atoms with van der Waals surface area (Å²) in [6.45, 7) is 13.6. The Hall–Kier alpha value is -3.29. The second-order valence-corrected chi connectivity index (χ2v) is 14.4. The maximum atomic E-state index is 13.9. The molecule has 4 rings (SSSR count). The van der Waals surface area contributed by atoms with E-state index in [-0.39, 0.29) is 30.3 Å². The first-order valence-corrected chi connectivity index (χ1v) is 15.0. The predicted molar refractivity (Wildman–Crippen MR) is 157 cm³/mol. The van der Waals surface area contributed by atoms with Crippen molar-refractivity contribution in [1.29, 1.82) is 5.26 Å². The summed E-state index contributed by atoms with van der Waals surface area (Å²) in [5.74, 6) is -1.25. The molecule has 1 saturated carbocycles. The van der Waals surface area contributed by atoms with E-state index in [0.717, 1.165) is 21.7 Å². The molecule has 0 bridgehead atoms. The number of β-amino-alcohol motifs (C(OH)–C–C–N with tert-alkyl or cyclic N) is 1. The summed E-state index contributed by atoms with van der Waals surface area (Å²) in [7, 11) is 0. The summed E-state index contributed by atoms with van der Waals surface area (Å²) in [4.78, 5) is 47.4. The number of hydrogen-bond acceptors (Lipinski definition) is 7. The molecule has 0 spiro atoms. The number of nitrogens with one attached hydrogen (secondary N) is 2. The smallest absolute Gasteiger partial charge is 0.246 e. The van der Waals surface area contributed by atoms with Crippen LogP contribution in [0.3, 0.4) is 0 Å². The van der Waals surface area contributed by atoms with Crippen LogP contribution in [0.1, 0.15) is 78.1 Å². The van der Waals surface area contributed by atoms with E-state index in [1.54, 1.807) is 11.3 Å². The first-order chi connectivity index (χ1) is 19.1. The fourth-order valence-corrected chi connectivity index (χ4v) is 6.16. The van der Waals surface area contributed by atoms with Gasteiger partial charge in [-0.05, 0) is 41.7 Å². The molecule has 2 fully saturated rings. The second kappa shape index (κ2) is 11.2. The summed E-state index contributed by atoms with van der Waals surface area (Å²) in [5.41, 5.74) is 2.67. The van der Waals surface area contributed by atoms with Gasteiger partial charge in [0.1, 0.15) is 17.5 Å². The molecule has 220 valence electrons. The lowest BCUT2D eigenvalue weighted by Crippen LogP contribution is -2.59. The molecule has 1 aromatic carbocycles. The molecule has 3 amide bonds. The highest BCUT2D eigenvalue weighted by atomic mass is 32.1. The molecule has 1 aromatic heterocycles. The van der Waals surface area contributed by atoms with Crippen LogP contribution in [-0.4, -0.2) is 57.4 Å². The minimum absolute atomic E-state index is 0.00809. The van der Waals surface area contributed by atoms with Gasteiger partial charge in [-0.3, -0.25) is 14.4 Å². The van der Waals surface area contributed by atoms with Crippen molar-refractivity contribution in [3.8, 4) is 16.5 Å². The van der Waals surface area contributed by atoms with E-state index in [2.05, 4.69) is 21.7 Å². The third kappa shape index (κ3) is 6.47. The number of amides is 3. The first-order valence-electron chi connectivity index (χ1n) is 14.1. The molecule has 1 saturated heterocycles. The molecule has 0 radical (unpaired) electrons. The fraction of sp³-hybridized carbons (Fsp3) is 0.581. The Morgan fingerprint density at radius 3 is 2.22 bits per heavy atom. The summed E-state index contributed by atoms with van der Waals surface area (Å²) >= 11 is 1.58. The Bertz CT molecular complexity index is 1340. The Kier molecular flexibility index (Phi) is 8.36. The summed E-state index contributed by atoms with van der Waals surface area (Å²) in [5, 5.41) is 26.0. The monoisotopic (exact) mass is 579 g/mol. The largest absolute Gasteiger partial charge is 0.391 e. The number of likely N-dealkylation sites (tertiary alicyclic amines) is 1. The van der Waals surface area contributed by atoms with Gasteiger partial charge in [-0.25, -0.2) is 4.98 Å². The van der Waals surface area contributed by atoms with Gasteiger partial charge in [-0.15, -0.1) is 11.3 Å². The summed E-state index contributed by atoms with van der Waals surface area (Å²) in [6, 6.07) is 7.93. The van der Waals surface area contributed by atoms with E-state index in [1.165, 1.54) is 4.90 Å². The van der Waals surface area contributed by atoms with Crippen LogP contribution in [0, 0.1) is 34.5 Å². The molecule has 2 heterocycles. The van der Waals surface area contributed by atoms with Crippen molar-refractivity contribution in [3.63, 3.8) is 0 Å². The molecular weight excluding hydrogens is 538 g/mol. The normalized spacial score (nSPS) is 21.5. The predicted octanol–water partition coefficient (Wildman–Crippen LogP) is 4.12. The topological polar surface area (TPSA) is 135 Å². The zero-order valence-corrected chi connectivity index (χ0v) is 25.8. The van der Waals surface area contributed by atoms with Gasteiger partial charge in [0.2, 0.25) is 17.7 Å². The van der Waals surface area contributed by atoms with Gasteiger partial charge in [0.05, 0.1) is 34.3 Å². The van der Waals surface area contributed by atoms with Crippen molar-refractivity contribution in [2.75, 3.05) is 6.54 Å². The number of aromatic nitrogens is 1. The van der Waals surface area contributed by atoms with Gasteiger partial charge in [0.15, 0.2) is 0 Å². The molecule has 1 aliphatic heterocycles. The number of aliphatic hydroxyl groups excluding tert-OH is 1. The van der Waals surface area contributed by atoms with Crippen LogP contribution in [0.2, 0.25) is 0 Å². The van der Waals surface area contributed by atoms with Crippen molar-refractivity contribution in [2.24, 2.45) is 16.2 Å². The Labute approximate surface area is 246 Å². The van der Waals surface area contributed by atoms with Gasteiger partial charge < -0.3 is 20.6 Å². The first kappa shape index (κ1) is 30.7. The number of thiazole rings is 1. The number of nitrogens with zero attached hydrogens (tertiary/aromatic N) is 3. The molecule has 2 aromatic rings. The standard InChI is InChI=1S/C31H41N5O4S/c1-18-23(41-17-33-18)19-8-10-20(11-9-19)24(29(2,3)4)34-26(38)22-14-21(37)15-36(22)27(39)25(30(5,6)7)35-28(40)31(16-32)12-13-31/h8-11,17,21-22,24-25,37H,12-15H2,1-7H3,(H,34,38)(H,35,40)/t21-,22+,24?,25-/m1/s1. The molecule has 41 heavy (non-hydrogen) atoms. The fourth-order valence-electron chi connectivity index (χ4n) is 5.35. The number of benzene rings is 1. The van der Waals surface area contributed by atoms with Crippen molar-refractivity contribution >= 4 is 29.1 Å². The highest BCUT2D eigenvalue weighted by Crippen LogP contribution is 2.45. The zero-order valence-electron chi connectivity index (χ0n) is 24.9. The molecular formula is C31H41N5O4S. The van der Waals surface area contributed by atoms with Gasteiger partial charge >= 0.3 is 0 Å². The lowest BCUT2D eigenvalue weighted by molar-refractivity contribution is -0.144. The summed E-state index contributed by atoms with van der Waals surface area (Å²) < 4.78 is 0. The van der Waals surface area contributed by atoms with Crippen LogP contribution in [0.4, 0.5) is 0 Å². The number of rotatable bonds is 7. The van der Waals surface area contributed by atoms with Crippen LogP contribution < -0.4 is 10.6 Å². The molecule has 1 aliphatic carbocycles. The van der Waals surface area contributed by atoms with E-state index < -0.39 is 40.8 Å². The van der Waals surface area contributed by atoms with Crippen LogP contribution in [0.5, 0.6) is 0 Å². The van der Waals surface area contributed by atoms with E-state index in [1.807, 2.05) is 78.2 Å². The second-order valence-electron chi connectivity index (χ2n) is 13.6. The highest BCUT2D eigenvalue weighted by Gasteiger charge is 2.53. The van der Waals surface area contributed by atoms with Crippen LogP contribution >= 0.6 is 11.3 Å². The van der Waals surface area contributed by atoms with Crippen molar-refractivity contribution in [2.45, 2.75) is 92.0 Å². The molecule has 2 aliphatic rings. The Morgan fingerprint density at radius 1 is 1.10 bits per heavy atom. The minimum Gasteiger partial charge on any atom is -0.391 e. The van der Waals surface area contributed by atoms with Crippen molar-refractivity contribution in [3.05, 3.63) is 41.0 Å². The van der Waals surface area contributed by atoms with Gasteiger partial charge in [-0.2, -0.15) is 5.26 Å². The van der Waals surface area contributed by atoms with Crippen LogP contribution in [0.15, 0.2) is 29.8 Å². The third-order valence-electron chi connectivity index (χ3n) is 8.06. The maximum absolute atomic E-state index is 13.9. The number of aliphatic hydroxyl groups is 1. The van der Waals surface area contributed by atoms with Crippen LogP contribution in [0.25, 0.3) is 10.4 Å².